The van der Waals surface area contributed by atoms with E-state index in [0.717, 1.165) is 0 Å². The number of ether oxygens (including phenoxy) is 2. The molecule has 0 radical (unpaired) electrons. The molecule has 7 heteroatoms. The number of H-pyrrole nitrogens is 1. The van der Waals surface area contributed by atoms with Crippen molar-refractivity contribution >= 4 is 11.7 Å². The summed E-state index contributed by atoms with van der Waals surface area (Å²) < 4.78 is 34.9. The fourth-order valence-corrected chi connectivity index (χ4v) is 1.64. The molecule has 2 N–H and O–H groups in total. The molecule has 106 valence electrons. The Morgan fingerprint density at radius 3 is 3.00 bits per heavy atom. The third kappa shape index (κ3) is 3.44. The van der Waals surface area contributed by atoms with E-state index in [2.05, 4.69) is 10.3 Å². The number of hydrogen-bond donors (Lipinski definition) is 2. The standard InChI is InChI=1S/C12H16F2N2O3/c1-2-18-11(17)10-8(3-4-16-10)15-5-6-19-9-7-12(9,13)14/h3-4,9,15-16H,2,5-7H2,1H3. The number of carbonyl (C=O) groups is 1. The monoisotopic (exact) mass is 274 g/mol. The second-order valence-electron chi connectivity index (χ2n) is 4.24. The zero-order chi connectivity index (χ0) is 13.9. The second kappa shape index (κ2) is 5.56. The molecule has 0 bridgehead atoms. The summed E-state index contributed by atoms with van der Waals surface area (Å²) in [5.41, 5.74) is 0.892. The van der Waals surface area contributed by atoms with Crippen LogP contribution in [0.5, 0.6) is 0 Å². The molecule has 0 spiro atoms. The van der Waals surface area contributed by atoms with Gasteiger partial charge in [-0.25, -0.2) is 13.6 Å². The van der Waals surface area contributed by atoms with E-state index in [1.165, 1.54) is 0 Å². The first-order valence-corrected chi connectivity index (χ1v) is 6.12. The molecule has 1 atom stereocenters. The highest BCUT2D eigenvalue weighted by molar-refractivity contribution is 5.93. The molecule has 1 aliphatic rings. The van der Waals surface area contributed by atoms with Crippen LogP contribution in [0.1, 0.15) is 23.8 Å². The lowest BCUT2D eigenvalue weighted by atomic mass is 10.3. The number of halogens is 2. The quantitative estimate of drug-likeness (QED) is 0.590. The Morgan fingerprint density at radius 1 is 1.63 bits per heavy atom. The van der Waals surface area contributed by atoms with Crippen LogP contribution in [0, 0.1) is 0 Å². The molecule has 5 nitrogen and oxygen atoms in total. The van der Waals surface area contributed by atoms with Crippen LogP contribution in [0.15, 0.2) is 12.3 Å². The third-order valence-electron chi connectivity index (χ3n) is 2.73. The summed E-state index contributed by atoms with van der Waals surface area (Å²) in [5.74, 6) is -3.12. The number of hydrogen-bond acceptors (Lipinski definition) is 4. The van der Waals surface area contributed by atoms with Gasteiger partial charge in [0.25, 0.3) is 5.92 Å². The number of aromatic nitrogens is 1. The number of alkyl halides is 2. The van der Waals surface area contributed by atoms with Gasteiger partial charge in [-0.3, -0.25) is 0 Å². The van der Waals surface area contributed by atoms with E-state index in [4.69, 9.17) is 9.47 Å². The minimum Gasteiger partial charge on any atom is -0.461 e. The van der Waals surface area contributed by atoms with Crippen LogP contribution in [0.3, 0.4) is 0 Å². The van der Waals surface area contributed by atoms with E-state index in [0.29, 0.717) is 17.9 Å². The molecule has 1 unspecified atom stereocenters. The summed E-state index contributed by atoms with van der Waals surface area (Å²) in [6, 6.07) is 1.68. The Labute approximate surface area is 109 Å². The SMILES string of the molecule is CCOC(=O)c1[nH]ccc1NCCOC1CC1(F)F. The van der Waals surface area contributed by atoms with Crippen molar-refractivity contribution in [1.82, 2.24) is 4.98 Å². The maximum atomic E-state index is 12.5. The number of esters is 1. The van der Waals surface area contributed by atoms with Crippen molar-refractivity contribution < 1.29 is 23.0 Å². The molecule has 19 heavy (non-hydrogen) atoms. The van der Waals surface area contributed by atoms with Crippen molar-refractivity contribution in [3.63, 3.8) is 0 Å². The fourth-order valence-electron chi connectivity index (χ4n) is 1.64. The van der Waals surface area contributed by atoms with Gasteiger partial charge in [0, 0.05) is 19.2 Å². The summed E-state index contributed by atoms with van der Waals surface area (Å²) in [4.78, 5) is 14.3. The minimum atomic E-state index is -2.66. The normalized spacial score (nSPS) is 20.1. The second-order valence-corrected chi connectivity index (χ2v) is 4.24. The number of rotatable bonds is 7. The molecule has 0 saturated heterocycles. The average Bonchev–Trinajstić information content (AvgIpc) is 2.77. The molecule has 1 aromatic heterocycles. The minimum absolute atomic E-state index is 0.160. The molecule has 0 aliphatic heterocycles. The maximum absolute atomic E-state index is 12.5. The van der Waals surface area contributed by atoms with E-state index in [1.807, 2.05) is 0 Å². The average molecular weight is 274 g/mol. The molecular formula is C12H16F2N2O3. The van der Waals surface area contributed by atoms with E-state index in [1.54, 1.807) is 19.2 Å². The van der Waals surface area contributed by atoms with Crippen molar-refractivity contribution in [3.05, 3.63) is 18.0 Å². The van der Waals surface area contributed by atoms with Gasteiger partial charge in [-0.15, -0.1) is 0 Å². The highest BCUT2D eigenvalue weighted by Gasteiger charge is 2.58. The van der Waals surface area contributed by atoms with Crippen LogP contribution in [-0.4, -0.2) is 42.7 Å². The summed E-state index contributed by atoms with van der Waals surface area (Å²) in [7, 11) is 0. The van der Waals surface area contributed by atoms with Crippen molar-refractivity contribution in [2.75, 3.05) is 25.1 Å². The maximum Gasteiger partial charge on any atom is 0.356 e. The number of carbonyl (C=O) groups excluding carboxylic acids is 1. The Bertz CT molecular complexity index is 448. The molecule has 1 aliphatic carbocycles. The van der Waals surface area contributed by atoms with E-state index >= 15 is 0 Å². The van der Waals surface area contributed by atoms with Crippen molar-refractivity contribution in [2.24, 2.45) is 0 Å². The molecular weight excluding hydrogens is 258 g/mol. The van der Waals surface area contributed by atoms with Crippen molar-refractivity contribution in [3.8, 4) is 0 Å². The van der Waals surface area contributed by atoms with Gasteiger partial charge in [0.05, 0.1) is 18.9 Å². The molecule has 1 saturated carbocycles. The first-order valence-electron chi connectivity index (χ1n) is 6.12. The predicted octanol–water partition coefficient (Wildman–Crippen LogP) is 2.03. The van der Waals surface area contributed by atoms with Crippen LogP contribution in [-0.2, 0) is 9.47 Å². The zero-order valence-corrected chi connectivity index (χ0v) is 10.5. The van der Waals surface area contributed by atoms with Gasteiger partial charge in [-0.1, -0.05) is 0 Å². The van der Waals surface area contributed by atoms with E-state index in [-0.39, 0.29) is 19.6 Å². The zero-order valence-electron chi connectivity index (χ0n) is 10.5. The summed E-state index contributed by atoms with van der Waals surface area (Å²) in [6.45, 7) is 2.51. The van der Waals surface area contributed by atoms with Crippen molar-refractivity contribution in [1.29, 1.82) is 0 Å². The van der Waals surface area contributed by atoms with Gasteiger partial charge in [-0.05, 0) is 13.0 Å². The van der Waals surface area contributed by atoms with Gasteiger partial charge in [-0.2, -0.15) is 0 Å². The van der Waals surface area contributed by atoms with E-state index in [9.17, 15) is 13.6 Å². The molecule has 1 heterocycles. The number of anilines is 1. The predicted molar refractivity (Wildman–Crippen MR) is 64.5 cm³/mol. The lowest BCUT2D eigenvalue weighted by Gasteiger charge is -2.07. The topological polar surface area (TPSA) is 63.4 Å². The summed E-state index contributed by atoms with van der Waals surface area (Å²) >= 11 is 0. The first-order chi connectivity index (χ1) is 9.04. The third-order valence-corrected chi connectivity index (χ3v) is 2.73. The Morgan fingerprint density at radius 2 is 2.37 bits per heavy atom. The largest absolute Gasteiger partial charge is 0.461 e. The highest BCUT2D eigenvalue weighted by atomic mass is 19.3. The highest BCUT2D eigenvalue weighted by Crippen LogP contribution is 2.44. The Hall–Kier alpha value is -1.63. The van der Waals surface area contributed by atoms with Crippen molar-refractivity contribution in [2.45, 2.75) is 25.4 Å². The Balaban J connectivity index is 1.74. The fraction of sp³-hybridized carbons (Fsp3) is 0.583. The molecule has 1 fully saturated rings. The number of aromatic amines is 1. The van der Waals surface area contributed by atoms with Gasteiger partial charge in [0.1, 0.15) is 11.8 Å². The van der Waals surface area contributed by atoms with Gasteiger partial charge in [0.15, 0.2) is 0 Å². The lowest BCUT2D eigenvalue weighted by Crippen LogP contribution is -2.15. The van der Waals surface area contributed by atoms with Gasteiger partial charge < -0.3 is 19.8 Å². The molecule has 0 aromatic carbocycles. The number of nitrogens with one attached hydrogen (secondary N) is 2. The lowest BCUT2D eigenvalue weighted by molar-refractivity contribution is 0.0169. The van der Waals surface area contributed by atoms with Gasteiger partial charge >= 0.3 is 5.97 Å². The summed E-state index contributed by atoms with van der Waals surface area (Å²) in [5, 5.41) is 2.94. The molecule has 1 aromatic rings. The smallest absolute Gasteiger partial charge is 0.356 e. The summed E-state index contributed by atoms with van der Waals surface area (Å²) in [6.07, 6.45) is 0.445. The van der Waals surface area contributed by atoms with Crippen LogP contribution in [0.4, 0.5) is 14.5 Å². The Kier molecular flexibility index (Phi) is 4.04. The molecule has 0 amide bonds. The van der Waals surface area contributed by atoms with Gasteiger partial charge in [0.2, 0.25) is 0 Å². The first kappa shape index (κ1) is 13.8. The van der Waals surface area contributed by atoms with Crippen LogP contribution in [0.2, 0.25) is 0 Å². The van der Waals surface area contributed by atoms with E-state index < -0.39 is 18.0 Å². The van der Waals surface area contributed by atoms with Crippen LogP contribution < -0.4 is 5.32 Å². The van der Waals surface area contributed by atoms with Crippen LogP contribution in [0.25, 0.3) is 0 Å². The van der Waals surface area contributed by atoms with Crippen LogP contribution >= 0.6 is 0 Å². The molecule has 2 rings (SSSR count).